The minimum absolute atomic E-state index is 0.257. The van der Waals surface area contributed by atoms with E-state index in [-0.39, 0.29) is 17.6 Å². The minimum atomic E-state index is -0.331. The molecule has 0 unspecified atom stereocenters. The number of fused-ring (bicyclic) bond motifs is 1. The van der Waals surface area contributed by atoms with Crippen LogP contribution >= 0.6 is 0 Å². The highest BCUT2D eigenvalue weighted by molar-refractivity contribution is 5.84. The molecule has 6 nitrogen and oxygen atoms in total. The second kappa shape index (κ2) is 7.51. The molecule has 1 amide bonds. The third-order valence-corrected chi connectivity index (χ3v) is 6.41. The first-order chi connectivity index (χ1) is 15.7. The van der Waals surface area contributed by atoms with Crippen LogP contribution in [0.2, 0.25) is 0 Å². The van der Waals surface area contributed by atoms with Crippen LogP contribution in [-0.2, 0) is 11.3 Å². The zero-order valence-corrected chi connectivity index (χ0v) is 17.5. The smallest absolute Gasteiger partial charge is 0.225 e. The van der Waals surface area contributed by atoms with E-state index < -0.39 is 0 Å². The molecule has 1 aliphatic heterocycles. The number of likely N-dealkylation sites (tertiary alicyclic amines) is 1. The maximum absolute atomic E-state index is 15.1. The van der Waals surface area contributed by atoms with Gasteiger partial charge in [-0.2, -0.15) is 0 Å². The number of rotatable bonds is 5. The molecular weight excluding hydrogens is 405 g/mol. The van der Waals surface area contributed by atoms with Crippen molar-refractivity contribution in [2.24, 2.45) is 11.8 Å². The van der Waals surface area contributed by atoms with E-state index in [1.54, 1.807) is 24.7 Å². The van der Waals surface area contributed by atoms with Crippen LogP contribution in [0.5, 0.6) is 0 Å². The van der Waals surface area contributed by atoms with E-state index >= 15 is 4.39 Å². The number of carbonyl (C=O) groups excluding carboxylic acids is 1. The third-order valence-electron chi connectivity index (χ3n) is 6.41. The number of carbonyl (C=O) groups is 1. The monoisotopic (exact) mass is 427 g/mol. The van der Waals surface area contributed by atoms with Gasteiger partial charge in [-0.1, -0.05) is 18.2 Å². The standard InChI is InChI=1S/C25H22FN5O/c26-22-11-19(18-6-8-23-20(10-18)2-1-9-27-23)5-7-21(22)24-29-28-15-31(24)14-16-12-30(13-16)25(32)17-3-4-17/h1-2,5-11,15-17H,3-4,12-14H2. The lowest BCUT2D eigenvalue weighted by atomic mass is 9.98. The van der Waals surface area contributed by atoms with Crippen molar-refractivity contribution in [1.29, 1.82) is 0 Å². The second-order valence-electron chi connectivity index (χ2n) is 8.80. The second-order valence-corrected chi connectivity index (χ2v) is 8.80. The van der Waals surface area contributed by atoms with Gasteiger partial charge in [0.2, 0.25) is 5.91 Å². The van der Waals surface area contributed by atoms with Crippen LogP contribution in [0.25, 0.3) is 33.4 Å². The Morgan fingerprint density at radius 1 is 1.06 bits per heavy atom. The van der Waals surface area contributed by atoms with Crippen molar-refractivity contribution >= 4 is 16.8 Å². The average Bonchev–Trinajstić information content (AvgIpc) is 3.54. The number of hydrogen-bond donors (Lipinski definition) is 0. The molecule has 2 aliphatic rings. The summed E-state index contributed by atoms with van der Waals surface area (Å²) in [6, 6.07) is 15.0. The SMILES string of the molecule is O=C(C1CC1)N1CC(Cn2cnnc2-c2ccc(-c3ccc4ncccc4c3)cc2F)C1. The first-order valence-electron chi connectivity index (χ1n) is 11.0. The van der Waals surface area contributed by atoms with Gasteiger partial charge in [0.1, 0.15) is 12.1 Å². The van der Waals surface area contributed by atoms with Gasteiger partial charge in [0, 0.05) is 43.1 Å². The van der Waals surface area contributed by atoms with Crippen LogP contribution in [0.4, 0.5) is 4.39 Å². The molecule has 1 saturated heterocycles. The maximum Gasteiger partial charge on any atom is 0.225 e. The number of benzene rings is 2. The van der Waals surface area contributed by atoms with E-state index in [4.69, 9.17) is 0 Å². The van der Waals surface area contributed by atoms with E-state index in [9.17, 15) is 4.79 Å². The summed E-state index contributed by atoms with van der Waals surface area (Å²) in [6.45, 7) is 2.19. The summed E-state index contributed by atoms with van der Waals surface area (Å²) in [5.74, 6) is 1.08. The number of hydrogen-bond acceptors (Lipinski definition) is 4. The van der Waals surface area contributed by atoms with E-state index in [1.807, 2.05) is 45.9 Å². The van der Waals surface area contributed by atoms with Gasteiger partial charge < -0.3 is 9.47 Å². The molecule has 2 aromatic heterocycles. The summed E-state index contributed by atoms with van der Waals surface area (Å²) in [4.78, 5) is 18.4. The van der Waals surface area contributed by atoms with Gasteiger partial charge in [0.25, 0.3) is 0 Å². The molecule has 3 heterocycles. The third kappa shape index (κ3) is 3.43. The normalized spacial score (nSPS) is 16.3. The summed E-state index contributed by atoms with van der Waals surface area (Å²) in [5, 5.41) is 9.21. The van der Waals surface area contributed by atoms with E-state index in [2.05, 4.69) is 15.2 Å². The van der Waals surface area contributed by atoms with Crippen LogP contribution in [0, 0.1) is 17.7 Å². The summed E-state index contributed by atoms with van der Waals surface area (Å²) in [7, 11) is 0. The highest BCUT2D eigenvalue weighted by Crippen LogP contribution is 2.34. The van der Waals surface area contributed by atoms with Crippen molar-refractivity contribution in [2.75, 3.05) is 13.1 Å². The topological polar surface area (TPSA) is 63.9 Å². The van der Waals surface area contributed by atoms with E-state index in [0.29, 0.717) is 23.9 Å². The molecule has 4 aromatic rings. The van der Waals surface area contributed by atoms with Gasteiger partial charge in [-0.25, -0.2) is 4.39 Å². The molecule has 2 aromatic carbocycles. The summed E-state index contributed by atoms with van der Waals surface area (Å²) in [6.07, 6.45) is 5.46. The van der Waals surface area contributed by atoms with Gasteiger partial charge in [0.05, 0.1) is 11.1 Å². The van der Waals surface area contributed by atoms with Gasteiger partial charge in [-0.15, -0.1) is 10.2 Å². The maximum atomic E-state index is 15.1. The Morgan fingerprint density at radius 2 is 1.88 bits per heavy atom. The molecule has 0 bridgehead atoms. The Labute approximate surface area is 184 Å². The number of pyridine rings is 1. The summed E-state index contributed by atoms with van der Waals surface area (Å²) < 4.78 is 17.0. The molecule has 1 aliphatic carbocycles. The first-order valence-corrected chi connectivity index (χ1v) is 11.0. The Hall–Kier alpha value is -3.61. The molecule has 6 rings (SSSR count). The minimum Gasteiger partial charge on any atom is -0.342 e. The van der Waals surface area contributed by atoms with Crippen molar-refractivity contribution in [3.05, 3.63) is 66.9 Å². The number of halogens is 1. The molecule has 32 heavy (non-hydrogen) atoms. The average molecular weight is 427 g/mol. The Bertz CT molecular complexity index is 1320. The predicted octanol–water partition coefficient (Wildman–Crippen LogP) is 4.17. The number of aromatic nitrogens is 4. The zero-order chi connectivity index (χ0) is 21.7. The van der Waals surface area contributed by atoms with Crippen molar-refractivity contribution in [3.63, 3.8) is 0 Å². The van der Waals surface area contributed by atoms with Crippen molar-refractivity contribution in [1.82, 2.24) is 24.6 Å². The highest BCUT2D eigenvalue weighted by Gasteiger charge is 2.39. The molecule has 0 radical (unpaired) electrons. The molecule has 0 spiro atoms. The van der Waals surface area contributed by atoms with E-state index in [0.717, 1.165) is 48.0 Å². The molecule has 0 N–H and O–H groups in total. The molecule has 160 valence electrons. The largest absolute Gasteiger partial charge is 0.342 e. The molecule has 0 atom stereocenters. The van der Waals surface area contributed by atoms with Gasteiger partial charge in [0.15, 0.2) is 5.82 Å². The summed E-state index contributed by atoms with van der Waals surface area (Å²) >= 11 is 0. The first kappa shape index (κ1) is 19.1. The van der Waals surface area contributed by atoms with Crippen LogP contribution in [-0.4, -0.2) is 43.6 Å². The molecule has 2 fully saturated rings. The summed E-state index contributed by atoms with van der Waals surface area (Å²) in [5.41, 5.74) is 3.08. The lowest BCUT2D eigenvalue weighted by molar-refractivity contribution is -0.139. The van der Waals surface area contributed by atoms with Crippen molar-refractivity contribution < 1.29 is 9.18 Å². The number of nitrogens with zero attached hydrogens (tertiary/aromatic N) is 5. The fourth-order valence-electron chi connectivity index (χ4n) is 4.46. The molecule has 1 saturated carbocycles. The Kier molecular flexibility index (Phi) is 4.48. The van der Waals surface area contributed by atoms with Gasteiger partial charge >= 0.3 is 0 Å². The van der Waals surface area contributed by atoms with E-state index in [1.165, 1.54) is 0 Å². The van der Waals surface area contributed by atoms with Crippen LogP contribution in [0.3, 0.4) is 0 Å². The fraction of sp³-hybridized carbons (Fsp3) is 0.280. The lowest BCUT2D eigenvalue weighted by Gasteiger charge is -2.39. The van der Waals surface area contributed by atoms with Crippen LogP contribution in [0.1, 0.15) is 12.8 Å². The highest BCUT2D eigenvalue weighted by atomic mass is 19.1. The van der Waals surface area contributed by atoms with Crippen molar-refractivity contribution in [3.8, 4) is 22.5 Å². The predicted molar refractivity (Wildman–Crippen MR) is 119 cm³/mol. The molecule has 7 heteroatoms. The van der Waals surface area contributed by atoms with Gasteiger partial charge in [-0.05, 0) is 54.3 Å². The fourth-order valence-corrected chi connectivity index (χ4v) is 4.46. The van der Waals surface area contributed by atoms with Crippen LogP contribution in [0.15, 0.2) is 61.1 Å². The zero-order valence-electron chi connectivity index (χ0n) is 17.5. The Morgan fingerprint density at radius 3 is 2.69 bits per heavy atom. The quantitative estimate of drug-likeness (QED) is 0.480. The molecular formula is C25H22FN5O. The Balaban J connectivity index is 1.21. The lowest BCUT2D eigenvalue weighted by Crippen LogP contribution is -2.51. The van der Waals surface area contributed by atoms with Crippen LogP contribution < -0.4 is 0 Å². The van der Waals surface area contributed by atoms with Gasteiger partial charge in [-0.3, -0.25) is 9.78 Å². The van der Waals surface area contributed by atoms with Crippen molar-refractivity contribution in [2.45, 2.75) is 19.4 Å². The number of amides is 1.